The van der Waals surface area contributed by atoms with Crippen molar-refractivity contribution in [1.29, 1.82) is 0 Å². The summed E-state index contributed by atoms with van der Waals surface area (Å²) >= 11 is 0. The Hall–Kier alpha value is -1.56. The predicted octanol–water partition coefficient (Wildman–Crippen LogP) is 1.60. The van der Waals surface area contributed by atoms with Crippen molar-refractivity contribution in [2.75, 3.05) is 43.8 Å². The van der Waals surface area contributed by atoms with Gasteiger partial charge in [-0.2, -0.15) is 4.98 Å². The van der Waals surface area contributed by atoms with Gasteiger partial charge in [-0.25, -0.2) is 4.98 Å². The summed E-state index contributed by atoms with van der Waals surface area (Å²) in [5, 5.41) is 3.30. The van der Waals surface area contributed by atoms with Crippen molar-refractivity contribution < 1.29 is 4.74 Å². The van der Waals surface area contributed by atoms with Crippen LogP contribution in [0, 0.1) is 5.92 Å². The number of nitrogens with two attached hydrogens (primary N) is 1. The van der Waals surface area contributed by atoms with E-state index in [1.165, 1.54) is 32.3 Å². The fourth-order valence-electron chi connectivity index (χ4n) is 2.51. The number of hydrogen-bond donors (Lipinski definition) is 2. The van der Waals surface area contributed by atoms with E-state index in [9.17, 15) is 0 Å². The van der Waals surface area contributed by atoms with Crippen LogP contribution < -0.4 is 15.8 Å². The zero-order chi connectivity index (χ0) is 14.4. The van der Waals surface area contributed by atoms with Crippen molar-refractivity contribution in [3.05, 3.63) is 6.33 Å². The number of ether oxygens (including phenoxy) is 1. The smallest absolute Gasteiger partial charge is 0.242 e. The van der Waals surface area contributed by atoms with Gasteiger partial charge in [0, 0.05) is 13.1 Å². The molecule has 20 heavy (non-hydrogen) atoms. The van der Waals surface area contributed by atoms with Gasteiger partial charge in [0.15, 0.2) is 5.82 Å². The maximum absolute atomic E-state index is 6.00. The van der Waals surface area contributed by atoms with Crippen LogP contribution in [0.1, 0.15) is 26.7 Å². The lowest BCUT2D eigenvalue weighted by atomic mass is 10.1. The summed E-state index contributed by atoms with van der Waals surface area (Å²) in [6, 6.07) is 0. The molecule has 6 nitrogen and oxygen atoms in total. The van der Waals surface area contributed by atoms with Crippen LogP contribution in [0.3, 0.4) is 0 Å². The lowest BCUT2D eigenvalue weighted by Gasteiger charge is -2.21. The lowest BCUT2D eigenvalue weighted by Crippen LogP contribution is -2.29. The van der Waals surface area contributed by atoms with Crippen molar-refractivity contribution in [3.63, 3.8) is 0 Å². The average molecular weight is 279 g/mol. The molecular formula is C14H25N5O. The summed E-state index contributed by atoms with van der Waals surface area (Å²) in [4.78, 5) is 10.7. The third-order valence-electron chi connectivity index (χ3n) is 3.51. The molecule has 1 saturated heterocycles. The topological polar surface area (TPSA) is 76.3 Å². The number of likely N-dealkylation sites (tertiary alicyclic amines) is 1. The first-order chi connectivity index (χ1) is 9.70. The molecule has 0 radical (unpaired) electrons. The monoisotopic (exact) mass is 279 g/mol. The maximum atomic E-state index is 6.00. The molecule has 1 aliphatic heterocycles. The molecule has 3 N–H and O–H groups in total. The summed E-state index contributed by atoms with van der Waals surface area (Å²) in [6.45, 7) is 9.13. The second-order valence-electron chi connectivity index (χ2n) is 5.37. The first kappa shape index (κ1) is 14.8. The van der Waals surface area contributed by atoms with Gasteiger partial charge >= 0.3 is 0 Å². The summed E-state index contributed by atoms with van der Waals surface area (Å²) in [5.41, 5.74) is 6.48. The van der Waals surface area contributed by atoms with Crippen molar-refractivity contribution in [2.24, 2.45) is 5.92 Å². The summed E-state index contributed by atoms with van der Waals surface area (Å²) in [5.74, 6) is 1.67. The third kappa shape index (κ3) is 3.96. The first-order valence-electron chi connectivity index (χ1n) is 7.40. The van der Waals surface area contributed by atoms with Crippen LogP contribution in [0.25, 0.3) is 0 Å². The van der Waals surface area contributed by atoms with E-state index in [1.807, 2.05) is 6.92 Å². The van der Waals surface area contributed by atoms with Crippen LogP contribution in [0.2, 0.25) is 0 Å². The second-order valence-corrected chi connectivity index (χ2v) is 5.37. The molecular weight excluding hydrogens is 254 g/mol. The minimum atomic E-state index is 0.456. The minimum absolute atomic E-state index is 0.456. The van der Waals surface area contributed by atoms with Gasteiger partial charge in [0.2, 0.25) is 5.88 Å². The molecule has 1 aromatic heterocycles. The van der Waals surface area contributed by atoms with E-state index in [-0.39, 0.29) is 0 Å². The Labute approximate surface area is 120 Å². The van der Waals surface area contributed by atoms with E-state index in [2.05, 4.69) is 27.1 Å². The second kappa shape index (κ2) is 7.28. The van der Waals surface area contributed by atoms with E-state index in [0.29, 0.717) is 29.9 Å². The minimum Gasteiger partial charge on any atom is -0.476 e. The normalized spacial score (nSPS) is 17.1. The SMILES string of the molecule is CCOc1ncnc(NCC(C)CN2CCCC2)c1N. The first-order valence-corrected chi connectivity index (χ1v) is 7.40. The molecule has 0 saturated carbocycles. The molecule has 1 unspecified atom stereocenters. The molecule has 1 atom stereocenters. The van der Waals surface area contributed by atoms with E-state index < -0.39 is 0 Å². The largest absolute Gasteiger partial charge is 0.476 e. The van der Waals surface area contributed by atoms with Crippen molar-refractivity contribution in [1.82, 2.24) is 14.9 Å². The van der Waals surface area contributed by atoms with Crippen LogP contribution >= 0.6 is 0 Å². The highest BCUT2D eigenvalue weighted by molar-refractivity contribution is 5.66. The van der Waals surface area contributed by atoms with Crippen LogP contribution in [0.4, 0.5) is 11.5 Å². The van der Waals surface area contributed by atoms with Crippen molar-refractivity contribution in [2.45, 2.75) is 26.7 Å². The molecule has 1 aliphatic rings. The number of nitrogen functional groups attached to an aromatic ring is 1. The van der Waals surface area contributed by atoms with Gasteiger partial charge in [0.1, 0.15) is 12.0 Å². The summed E-state index contributed by atoms with van der Waals surface area (Å²) < 4.78 is 5.37. The summed E-state index contributed by atoms with van der Waals surface area (Å²) in [6.07, 6.45) is 4.14. The molecule has 0 aromatic carbocycles. The van der Waals surface area contributed by atoms with Gasteiger partial charge in [-0.1, -0.05) is 6.92 Å². The summed E-state index contributed by atoms with van der Waals surface area (Å²) in [7, 11) is 0. The Balaban J connectivity index is 1.84. The van der Waals surface area contributed by atoms with E-state index in [1.54, 1.807) is 0 Å². The van der Waals surface area contributed by atoms with E-state index in [4.69, 9.17) is 10.5 Å². The fraction of sp³-hybridized carbons (Fsp3) is 0.714. The van der Waals surface area contributed by atoms with Gasteiger partial charge in [-0.3, -0.25) is 0 Å². The molecule has 0 amide bonds. The van der Waals surface area contributed by atoms with Gasteiger partial charge in [-0.15, -0.1) is 0 Å². The van der Waals surface area contributed by atoms with E-state index >= 15 is 0 Å². The highest BCUT2D eigenvalue weighted by Gasteiger charge is 2.15. The molecule has 112 valence electrons. The molecule has 0 bridgehead atoms. The molecule has 0 spiro atoms. The van der Waals surface area contributed by atoms with Gasteiger partial charge < -0.3 is 20.7 Å². The van der Waals surface area contributed by atoms with E-state index in [0.717, 1.165) is 13.1 Å². The van der Waals surface area contributed by atoms with Gasteiger partial charge in [-0.05, 0) is 38.8 Å². The highest BCUT2D eigenvalue weighted by Crippen LogP contribution is 2.24. The van der Waals surface area contributed by atoms with Crippen LogP contribution in [0.15, 0.2) is 6.33 Å². The van der Waals surface area contributed by atoms with Crippen molar-refractivity contribution >= 4 is 11.5 Å². The lowest BCUT2D eigenvalue weighted by molar-refractivity contribution is 0.294. The molecule has 2 heterocycles. The Kier molecular flexibility index (Phi) is 5.40. The standard InChI is InChI=1S/C14H25N5O/c1-3-20-14-12(15)13(17-10-18-14)16-8-11(2)9-19-6-4-5-7-19/h10-11H,3-9,15H2,1-2H3,(H,16,17,18). The number of nitrogens with zero attached hydrogens (tertiary/aromatic N) is 3. The quantitative estimate of drug-likeness (QED) is 0.789. The van der Waals surface area contributed by atoms with Crippen LogP contribution in [-0.2, 0) is 0 Å². The molecule has 1 aromatic rings. The number of anilines is 2. The number of nitrogens with one attached hydrogen (secondary N) is 1. The average Bonchev–Trinajstić information content (AvgIpc) is 2.93. The van der Waals surface area contributed by atoms with Gasteiger partial charge in [0.25, 0.3) is 0 Å². The van der Waals surface area contributed by atoms with Crippen LogP contribution in [0.5, 0.6) is 5.88 Å². The zero-order valence-corrected chi connectivity index (χ0v) is 12.4. The number of aromatic nitrogens is 2. The predicted molar refractivity (Wildman–Crippen MR) is 80.9 cm³/mol. The fourth-order valence-corrected chi connectivity index (χ4v) is 2.51. The maximum Gasteiger partial charge on any atom is 0.242 e. The number of rotatable bonds is 7. The third-order valence-corrected chi connectivity index (χ3v) is 3.51. The highest BCUT2D eigenvalue weighted by atomic mass is 16.5. The van der Waals surface area contributed by atoms with Gasteiger partial charge in [0.05, 0.1) is 6.61 Å². The zero-order valence-electron chi connectivity index (χ0n) is 12.4. The molecule has 1 fully saturated rings. The number of hydrogen-bond acceptors (Lipinski definition) is 6. The van der Waals surface area contributed by atoms with Crippen molar-refractivity contribution in [3.8, 4) is 5.88 Å². The Morgan fingerprint density at radius 3 is 2.85 bits per heavy atom. The Morgan fingerprint density at radius 2 is 2.15 bits per heavy atom. The Bertz CT molecular complexity index is 420. The molecule has 6 heteroatoms. The molecule has 0 aliphatic carbocycles. The molecule has 2 rings (SSSR count). The Morgan fingerprint density at radius 1 is 1.40 bits per heavy atom. The van der Waals surface area contributed by atoms with Crippen LogP contribution in [-0.4, -0.2) is 47.7 Å².